The van der Waals surface area contributed by atoms with Gasteiger partial charge < -0.3 is 10.1 Å². The number of halogens is 2. The Morgan fingerprint density at radius 3 is 2.41 bits per heavy atom. The fourth-order valence-electron chi connectivity index (χ4n) is 5.76. The lowest BCUT2D eigenvalue weighted by Crippen LogP contribution is -2.52. The summed E-state index contributed by atoms with van der Waals surface area (Å²) in [5.74, 6) is 0.0363. The third-order valence-corrected chi connectivity index (χ3v) is 8.70. The van der Waals surface area contributed by atoms with Crippen LogP contribution in [0.1, 0.15) is 57.8 Å². The first-order valence-corrected chi connectivity index (χ1v) is 11.0. The van der Waals surface area contributed by atoms with E-state index in [1.165, 1.54) is 0 Å². The largest absolute Gasteiger partial charge is 0.376 e. The summed E-state index contributed by atoms with van der Waals surface area (Å²) in [5, 5.41) is 4.09. The van der Waals surface area contributed by atoms with Gasteiger partial charge in [0.25, 0.3) is 0 Å². The summed E-state index contributed by atoms with van der Waals surface area (Å²) in [4.78, 5) is 23.6. The van der Waals surface area contributed by atoms with E-state index >= 15 is 0 Å². The Morgan fingerprint density at radius 1 is 1.14 bits per heavy atom. The zero-order chi connectivity index (χ0) is 20.6. The summed E-state index contributed by atoms with van der Waals surface area (Å²) < 4.78 is 5.70. The molecule has 29 heavy (non-hydrogen) atoms. The minimum atomic E-state index is -0.705. The maximum Gasteiger partial charge on any atom is 0.233 e. The number of hydrogen-bond acceptors (Lipinski definition) is 4. The molecule has 1 amide bonds. The van der Waals surface area contributed by atoms with Gasteiger partial charge in [0.15, 0.2) is 0 Å². The van der Waals surface area contributed by atoms with Gasteiger partial charge in [-0.2, -0.15) is 0 Å². The van der Waals surface area contributed by atoms with E-state index in [9.17, 15) is 4.79 Å². The highest BCUT2D eigenvalue weighted by Gasteiger charge is 2.73. The van der Waals surface area contributed by atoms with Gasteiger partial charge in [-0.3, -0.25) is 4.79 Å². The van der Waals surface area contributed by atoms with E-state index < -0.39 is 5.41 Å². The zero-order valence-electron chi connectivity index (χ0n) is 16.9. The summed E-state index contributed by atoms with van der Waals surface area (Å²) in [7, 11) is 0. The molecule has 0 radical (unpaired) electrons. The number of nitrogens with zero attached hydrogens (tertiary/aromatic N) is 2. The minimum Gasteiger partial charge on any atom is -0.376 e. The van der Waals surface area contributed by atoms with Crippen LogP contribution in [0.3, 0.4) is 0 Å². The molecule has 5 nitrogen and oxygen atoms in total. The summed E-state index contributed by atoms with van der Waals surface area (Å²) in [6.07, 6.45) is 3.83. The number of aromatic nitrogens is 2. The van der Waals surface area contributed by atoms with E-state index in [1.54, 1.807) is 12.1 Å². The maximum atomic E-state index is 13.7. The monoisotopic (exact) mass is 433 g/mol. The first-order valence-electron chi connectivity index (χ1n) is 10.3. The average molecular weight is 434 g/mol. The number of hydrogen-bond donors (Lipinski definition) is 1. The van der Waals surface area contributed by atoms with E-state index in [-0.39, 0.29) is 22.8 Å². The molecular formula is C22H25Cl2N3O2. The van der Waals surface area contributed by atoms with Gasteiger partial charge in [0.05, 0.1) is 44.0 Å². The number of rotatable bonds is 3. The molecule has 154 valence electrons. The molecule has 1 saturated carbocycles. The van der Waals surface area contributed by atoms with E-state index in [4.69, 9.17) is 37.9 Å². The molecule has 0 spiro atoms. The number of carbonyl (C=O) groups excluding carboxylic acids is 1. The highest BCUT2D eigenvalue weighted by atomic mass is 35.5. The van der Waals surface area contributed by atoms with Gasteiger partial charge in [-0.15, -0.1) is 0 Å². The molecule has 1 aliphatic heterocycles. The molecule has 5 rings (SSSR count). The quantitative estimate of drug-likeness (QED) is 0.769. The number of amides is 1. The number of fused-ring (bicyclic) bond motifs is 6. The number of ether oxygens (including phenoxy) is 1. The van der Waals surface area contributed by atoms with Crippen molar-refractivity contribution in [3.63, 3.8) is 0 Å². The van der Waals surface area contributed by atoms with Crippen molar-refractivity contribution < 1.29 is 9.53 Å². The van der Waals surface area contributed by atoms with Gasteiger partial charge in [0.1, 0.15) is 0 Å². The van der Waals surface area contributed by atoms with Crippen LogP contribution in [0.5, 0.6) is 0 Å². The van der Waals surface area contributed by atoms with Crippen molar-refractivity contribution in [2.45, 2.75) is 63.4 Å². The van der Waals surface area contributed by atoms with Crippen LogP contribution in [-0.2, 0) is 20.4 Å². The molecular weight excluding hydrogens is 409 g/mol. The highest BCUT2D eigenvalue weighted by Crippen LogP contribution is 2.70. The van der Waals surface area contributed by atoms with Crippen LogP contribution in [0.2, 0.25) is 10.0 Å². The van der Waals surface area contributed by atoms with Crippen LogP contribution in [0.15, 0.2) is 12.1 Å². The van der Waals surface area contributed by atoms with Crippen molar-refractivity contribution in [2.24, 2.45) is 5.41 Å². The standard InChI is InChI=1S/C22H25Cl2N3O2/c1-20(2)21(3)6-7-22(20,19(28)25-11-12-5-4-8-29-12)18-17(21)26-15-9-13(23)14(24)10-16(15)27-18/h9-10,12H,4-8,11H2,1-3H3,(H,25,28). The molecule has 2 heterocycles. The van der Waals surface area contributed by atoms with Crippen LogP contribution in [0.4, 0.5) is 0 Å². The normalized spacial score (nSPS) is 32.0. The Bertz CT molecular complexity index is 1030. The minimum absolute atomic E-state index is 0.0363. The van der Waals surface area contributed by atoms with Crippen molar-refractivity contribution in [3.8, 4) is 0 Å². The molecule has 7 heteroatoms. The summed E-state index contributed by atoms with van der Waals surface area (Å²) >= 11 is 12.4. The van der Waals surface area contributed by atoms with Crippen LogP contribution in [0, 0.1) is 5.41 Å². The number of benzene rings is 1. The molecule has 2 bridgehead atoms. The molecule has 2 aromatic rings. The smallest absolute Gasteiger partial charge is 0.233 e. The Balaban J connectivity index is 1.63. The fourth-order valence-corrected chi connectivity index (χ4v) is 6.08. The Labute approximate surface area is 180 Å². The van der Waals surface area contributed by atoms with Gasteiger partial charge in [-0.1, -0.05) is 44.0 Å². The van der Waals surface area contributed by atoms with Crippen LogP contribution in [0.25, 0.3) is 11.0 Å². The summed E-state index contributed by atoms with van der Waals surface area (Å²) in [6.45, 7) is 7.90. The SMILES string of the molecule is CC12CCC(C(=O)NCC3CCCO3)(c3nc4cc(Cl)c(Cl)cc4nc31)C2(C)C. The van der Waals surface area contributed by atoms with Crippen molar-refractivity contribution in [2.75, 3.05) is 13.2 Å². The molecule has 1 aromatic carbocycles. The van der Waals surface area contributed by atoms with Gasteiger partial charge in [0.2, 0.25) is 5.91 Å². The molecule has 1 saturated heterocycles. The van der Waals surface area contributed by atoms with Crippen molar-refractivity contribution in [1.29, 1.82) is 0 Å². The van der Waals surface area contributed by atoms with Crippen molar-refractivity contribution in [1.82, 2.24) is 15.3 Å². The third kappa shape index (κ3) is 2.41. The Hall–Kier alpha value is -1.43. The fraction of sp³-hybridized carbons (Fsp3) is 0.591. The Morgan fingerprint density at radius 2 is 1.79 bits per heavy atom. The lowest BCUT2D eigenvalue weighted by Gasteiger charge is -2.39. The van der Waals surface area contributed by atoms with E-state index in [0.29, 0.717) is 22.1 Å². The molecule has 3 atom stereocenters. The van der Waals surface area contributed by atoms with Gasteiger partial charge >= 0.3 is 0 Å². The van der Waals surface area contributed by atoms with Gasteiger partial charge in [-0.25, -0.2) is 9.97 Å². The van der Waals surface area contributed by atoms with Gasteiger partial charge in [0, 0.05) is 18.6 Å². The number of nitrogens with one attached hydrogen (secondary N) is 1. The molecule has 2 fully saturated rings. The molecule has 3 unspecified atom stereocenters. The predicted octanol–water partition coefficient (Wildman–Crippen LogP) is 4.56. The average Bonchev–Trinajstić information content (AvgIpc) is 3.30. The second-order valence-corrected chi connectivity index (χ2v) is 10.2. The van der Waals surface area contributed by atoms with E-state index in [0.717, 1.165) is 49.2 Å². The zero-order valence-corrected chi connectivity index (χ0v) is 18.5. The van der Waals surface area contributed by atoms with Crippen LogP contribution >= 0.6 is 23.2 Å². The molecule has 3 aliphatic rings. The third-order valence-electron chi connectivity index (χ3n) is 7.98. The second kappa shape index (κ2) is 6.29. The van der Waals surface area contributed by atoms with E-state index in [2.05, 4.69) is 26.1 Å². The second-order valence-electron chi connectivity index (χ2n) is 9.38. The summed E-state index contributed by atoms with van der Waals surface area (Å²) in [6, 6.07) is 3.50. The first kappa shape index (κ1) is 19.5. The lowest BCUT2D eigenvalue weighted by atomic mass is 9.63. The van der Waals surface area contributed by atoms with Crippen molar-refractivity contribution in [3.05, 3.63) is 33.6 Å². The maximum absolute atomic E-state index is 13.7. The van der Waals surface area contributed by atoms with E-state index in [1.807, 2.05) is 0 Å². The highest BCUT2D eigenvalue weighted by molar-refractivity contribution is 6.42. The lowest BCUT2D eigenvalue weighted by molar-refractivity contribution is -0.131. The van der Waals surface area contributed by atoms with Crippen LogP contribution < -0.4 is 5.32 Å². The van der Waals surface area contributed by atoms with Crippen molar-refractivity contribution >= 4 is 40.1 Å². The van der Waals surface area contributed by atoms with Crippen LogP contribution in [-0.4, -0.2) is 35.1 Å². The Kier molecular flexibility index (Phi) is 4.23. The first-order chi connectivity index (χ1) is 13.7. The topological polar surface area (TPSA) is 64.1 Å². The van der Waals surface area contributed by atoms with Gasteiger partial charge in [-0.05, 0) is 43.2 Å². The molecule has 1 aromatic heterocycles. The number of carbonyl (C=O) groups is 1. The molecule has 2 aliphatic carbocycles. The predicted molar refractivity (Wildman–Crippen MR) is 114 cm³/mol. The summed E-state index contributed by atoms with van der Waals surface area (Å²) in [5.41, 5.74) is 1.88. The molecule has 1 N–H and O–H groups in total.